The van der Waals surface area contributed by atoms with E-state index >= 15 is 0 Å². The molecule has 10 unspecified atom stereocenters. The van der Waals surface area contributed by atoms with Crippen LogP contribution in [0.4, 0.5) is 4.79 Å². The number of aliphatic hydroxyl groups excluding tert-OH is 5. The quantitative estimate of drug-likeness (QED) is 0.0549. The fraction of sp³-hybridized carbons (Fsp3) is 0.939. The minimum absolute atomic E-state index is 0.0543. The number of hydrogen-bond acceptors (Lipinski definition) is 11. The number of thioether (sulfide) groups is 2. The second kappa shape index (κ2) is 20.8. The van der Waals surface area contributed by atoms with Gasteiger partial charge in [0.2, 0.25) is 0 Å². The molecule has 3 rings (SSSR count). The van der Waals surface area contributed by atoms with Gasteiger partial charge < -0.3 is 46.0 Å². The maximum absolute atomic E-state index is 12.3. The molecule has 8 N–H and O–H groups in total. The van der Waals surface area contributed by atoms with Crippen molar-refractivity contribution in [2.24, 2.45) is 0 Å². The molecule has 3 saturated heterocycles. The van der Waals surface area contributed by atoms with Gasteiger partial charge in [-0.2, -0.15) is 11.8 Å². The van der Waals surface area contributed by atoms with Gasteiger partial charge in [-0.25, -0.2) is 4.79 Å². The Morgan fingerprint density at radius 2 is 1.59 bits per heavy atom. The van der Waals surface area contributed by atoms with E-state index in [9.17, 15) is 40.2 Å². The lowest BCUT2D eigenvalue weighted by atomic mass is 9.92. The van der Waals surface area contributed by atoms with E-state index in [4.69, 9.17) is 4.74 Å². The van der Waals surface area contributed by atoms with Crippen LogP contribution in [0.5, 0.6) is 0 Å². The van der Waals surface area contributed by atoms with Gasteiger partial charge in [0.05, 0.1) is 30.4 Å². The smallest absolute Gasteiger partial charge is 0.315 e. The molecule has 3 fully saturated rings. The standard InChI is InChI=1S/C33H60N2O9S2/c1-33(43,18-10-11-19-45-31-30(41)29(40)28(39)25(20-36)44-31)17-9-3-6-14-22(37)12-4-2-5-13-23(38)15-7-8-16-26-27-24(21-46-26)34-32(42)35-27/h22,24-31,36-37,39-41,43H,2-21H2,1H3,(H2,34,35,42). The van der Waals surface area contributed by atoms with Gasteiger partial charge in [-0.05, 0) is 70.5 Å². The zero-order chi connectivity index (χ0) is 33.5. The number of carbonyl (C=O) groups is 2. The summed E-state index contributed by atoms with van der Waals surface area (Å²) in [4.78, 5) is 23.7. The fourth-order valence-electron chi connectivity index (χ4n) is 6.66. The summed E-state index contributed by atoms with van der Waals surface area (Å²) in [5.74, 6) is 1.96. The van der Waals surface area contributed by atoms with Crippen molar-refractivity contribution in [3.8, 4) is 0 Å². The molecule has 0 aromatic heterocycles. The summed E-state index contributed by atoms with van der Waals surface area (Å²) in [5, 5.41) is 66.7. The summed E-state index contributed by atoms with van der Waals surface area (Å²) in [6.07, 6.45) is 9.15. The van der Waals surface area contributed by atoms with Crippen LogP contribution < -0.4 is 10.6 Å². The number of aliphatic hydroxyl groups is 6. The Bertz CT molecular complexity index is 899. The van der Waals surface area contributed by atoms with Gasteiger partial charge in [0.1, 0.15) is 35.6 Å². The third-order valence-corrected chi connectivity index (χ3v) is 12.4. The predicted octanol–water partition coefficient (Wildman–Crippen LogP) is 3.00. The molecule has 0 aromatic carbocycles. The van der Waals surface area contributed by atoms with E-state index in [-0.39, 0.29) is 24.2 Å². The van der Waals surface area contributed by atoms with Crippen molar-refractivity contribution in [3.63, 3.8) is 0 Å². The zero-order valence-corrected chi connectivity index (χ0v) is 29.2. The second-order valence-corrected chi connectivity index (χ2v) is 16.3. The van der Waals surface area contributed by atoms with E-state index in [1.165, 1.54) is 11.8 Å². The molecule has 2 amide bonds. The van der Waals surface area contributed by atoms with Crippen LogP contribution in [0.3, 0.4) is 0 Å². The van der Waals surface area contributed by atoms with Gasteiger partial charge in [-0.3, -0.25) is 4.79 Å². The van der Waals surface area contributed by atoms with E-state index in [0.717, 1.165) is 89.2 Å². The molecule has 0 aliphatic carbocycles. The molecule has 0 spiro atoms. The molecule has 0 radical (unpaired) electrons. The van der Waals surface area contributed by atoms with Crippen molar-refractivity contribution in [2.75, 3.05) is 18.1 Å². The van der Waals surface area contributed by atoms with E-state index in [2.05, 4.69) is 10.6 Å². The van der Waals surface area contributed by atoms with Crippen LogP contribution >= 0.6 is 23.5 Å². The number of Topliss-reactive ketones (excluding diaryl/α,β-unsaturated/α-hetero) is 1. The minimum Gasteiger partial charge on any atom is -0.394 e. The van der Waals surface area contributed by atoms with Crippen LogP contribution in [-0.2, 0) is 9.53 Å². The number of fused-ring (bicyclic) bond motifs is 1. The van der Waals surface area contributed by atoms with E-state index in [1.807, 2.05) is 18.7 Å². The van der Waals surface area contributed by atoms with E-state index < -0.39 is 42.1 Å². The first-order valence-corrected chi connectivity index (χ1v) is 19.6. The van der Waals surface area contributed by atoms with Crippen molar-refractivity contribution in [1.82, 2.24) is 10.6 Å². The molecule has 46 heavy (non-hydrogen) atoms. The zero-order valence-electron chi connectivity index (χ0n) is 27.6. The van der Waals surface area contributed by atoms with Crippen molar-refractivity contribution in [3.05, 3.63) is 0 Å². The fourth-order valence-corrected chi connectivity index (χ4v) is 9.39. The van der Waals surface area contributed by atoms with Crippen LogP contribution in [0, 0.1) is 0 Å². The molecule has 0 aromatic rings. The largest absolute Gasteiger partial charge is 0.394 e. The molecule has 3 aliphatic rings. The Labute approximate surface area is 283 Å². The molecule has 0 saturated carbocycles. The molecule has 3 aliphatic heterocycles. The summed E-state index contributed by atoms with van der Waals surface area (Å²) in [6.45, 7) is 1.43. The lowest BCUT2D eigenvalue weighted by molar-refractivity contribution is -0.205. The van der Waals surface area contributed by atoms with Gasteiger partial charge in [-0.1, -0.05) is 38.5 Å². The third-order valence-electron chi connectivity index (χ3n) is 9.62. The molecule has 0 bridgehead atoms. The number of hydrogen-bond donors (Lipinski definition) is 8. The summed E-state index contributed by atoms with van der Waals surface area (Å²) >= 11 is 3.26. The summed E-state index contributed by atoms with van der Waals surface area (Å²) < 4.78 is 5.51. The number of ether oxygens (including phenoxy) is 1. The SMILES string of the molecule is CC(O)(CCCCCC(O)CCCCCC(=O)CCCCC1SCC2NC(=O)NC21)CCCCSC1OC(CO)C(O)C(O)C1O. The highest BCUT2D eigenvalue weighted by Crippen LogP contribution is 2.33. The number of rotatable bonds is 24. The predicted molar refractivity (Wildman–Crippen MR) is 182 cm³/mol. The average Bonchev–Trinajstić information content (AvgIpc) is 3.57. The number of unbranched alkanes of at least 4 members (excludes halogenated alkanes) is 6. The Kier molecular flexibility index (Phi) is 18.0. The molecule has 11 nitrogen and oxygen atoms in total. The molecule has 13 heteroatoms. The van der Waals surface area contributed by atoms with Gasteiger partial charge in [0.15, 0.2) is 0 Å². The third kappa shape index (κ3) is 13.7. The summed E-state index contributed by atoms with van der Waals surface area (Å²) in [7, 11) is 0. The van der Waals surface area contributed by atoms with Crippen LogP contribution in [0.25, 0.3) is 0 Å². The van der Waals surface area contributed by atoms with Gasteiger partial charge in [0.25, 0.3) is 0 Å². The normalized spacial score (nSPS) is 31.2. The number of amides is 2. The first-order valence-electron chi connectivity index (χ1n) is 17.5. The van der Waals surface area contributed by atoms with Gasteiger partial charge >= 0.3 is 6.03 Å². The first kappa shape index (κ1) is 39.8. The van der Waals surface area contributed by atoms with E-state index in [0.29, 0.717) is 42.5 Å². The summed E-state index contributed by atoms with van der Waals surface area (Å²) in [5.41, 5.74) is -1.47. The monoisotopic (exact) mass is 692 g/mol. The molecular formula is C33H60N2O9S2. The van der Waals surface area contributed by atoms with Crippen molar-refractivity contribution < 1.29 is 45.0 Å². The Hall–Kier alpha value is -0.640. The summed E-state index contributed by atoms with van der Waals surface area (Å²) in [6, 6.07) is 0.432. The topological polar surface area (TPSA) is 189 Å². The highest BCUT2D eigenvalue weighted by atomic mass is 32.2. The lowest BCUT2D eigenvalue weighted by Crippen LogP contribution is -2.57. The van der Waals surface area contributed by atoms with Crippen LogP contribution in [0.1, 0.15) is 116 Å². The van der Waals surface area contributed by atoms with Crippen LogP contribution in [0.2, 0.25) is 0 Å². The van der Waals surface area contributed by atoms with Crippen molar-refractivity contribution in [2.45, 2.75) is 175 Å². The number of ketones is 1. The Morgan fingerprint density at radius 3 is 2.28 bits per heavy atom. The number of nitrogens with one attached hydrogen (secondary N) is 2. The van der Waals surface area contributed by atoms with Crippen molar-refractivity contribution >= 4 is 35.3 Å². The van der Waals surface area contributed by atoms with Crippen molar-refractivity contribution in [1.29, 1.82) is 0 Å². The highest BCUT2D eigenvalue weighted by molar-refractivity contribution is 8.00. The molecular weight excluding hydrogens is 633 g/mol. The first-order chi connectivity index (χ1) is 22.0. The highest BCUT2D eigenvalue weighted by Gasteiger charge is 2.44. The minimum atomic E-state index is -1.35. The van der Waals surface area contributed by atoms with Gasteiger partial charge in [0, 0.05) is 23.8 Å². The van der Waals surface area contributed by atoms with Gasteiger partial charge in [-0.15, -0.1) is 11.8 Å². The number of carbonyl (C=O) groups excluding carboxylic acids is 2. The maximum Gasteiger partial charge on any atom is 0.315 e. The van der Waals surface area contributed by atoms with Crippen LogP contribution in [-0.4, -0.2) is 119 Å². The molecule has 268 valence electrons. The molecule has 10 atom stereocenters. The average molecular weight is 693 g/mol. The lowest BCUT2D eigenvalue weighted by Gasteiger charge is -2.39. The van der Waals surface area contributed by atoms with Crippen LogP contribution in [0.15, 0.2) is 0 Å². The second-order valence-electron chi connectivity index (χ2n) is 13.8. The van der Waals surface area contributed by atoms with E-state index in [1.54, 1.807) is 0 Å². The Morgan fingerprint density at radius 1 is 0.935 bits per heavy atom. The maximum atomic E-state index is 12.3. The Balaban J connectivity index is 1.09. The number of urea groups is 1. The molecule has 3 heterocycles.